The van der Waals surface area contributed by atoms with E-state index in [0.717, 1.165) is 36.9 Å². The van der Waals surface area contributed by atoms with Crippen molar-refractivity contribution in [2.24, 2.45) is 5.92 Å². The van der Waals surface area contributed by atoms with Crippen LogP contribution in [0.15, 0.2) is 24.3 Å². The Morgan fingerprint density at radius 3 is 2.52 bits per heavy atom. The number of hydrogen-bond acceptors (Lipinski definition) is 3. The minimum absolute atomic E-state index is 0.0348. The summed E-state index contributed by atoms with van der Waals surface area (Å²) in [6, 6.07) is 7.54. The second kappa shape index (κ2) is 7.25. The normalized spacial score (nSPS) is 17.0. The van der Waals surface area contributed by atoms with E-state index in [-0.39, 0.29) is 17.8 Å². The predicted octanol–water partition coefficient (Wildman–Crippen LogP) is 3.45. The molecule has 0 aliphatic heterocycles. The molecule has 1 amide bonds. The Hall–Kier alpha value is -1.84. The highest BCUT2D eigenvalue weighted by atomic mass is 16.5. The summed E-state index contributed by atoms with van der Waals surface area (Å²) in [7, 11) is 0. The van der Waals surface area contributed by atoms with Crippen LogP contribution in [0.3, 0.4) is 0 Å². The molecule has 1 atom stereocenters. The van der Waals surface area contributed by atoms with E-state index in [1.807, 2.05) is 31.2 Å². The third-order valence-corrected chi connectivity index (χ3v) is 4.00. The molecule has 2 rings (SSSR count). The van der Waals surface area contributed by atoms with E-state index in [4.69, 9.17) is 4.74 Å². The first kappa shape index (κ1) is 15.5. The summed E-state index contributed by atoms with van der Waals surface area (Å²) in [6.45, 7) is 3.54. The van der Waals surface area contributed by atoms with Gasteiger partial charge in [-0.1, -0.05) is 37.5 Å². The number of anilines is 1. The molecule has 1 aliphatic carbocycles. The van der Waals surface area contributed by atoms with Crippen molar-refractivity contribution >= 4 is 17.6 Å². The van der Waals surface area contributed by atoms with Crippen LogP contribution in [0.2, 0.25) is 0 Å². The van der Waals surface area contributed by atoms with Gasteiger partial charge in [0.1, 0.15) is 0 Å². The van der Waals surface area contributed by atoms with Crippen molar-refractivity contribution in [3.05, 3.63) is 29.8 Å². The summed E-state index contributed by atoms with van der Waals surface area (Å²) in [5.41, 5.74) is 1.74. The van der Waals surface area contributed by atoms with Crippen LogP contribution >= 0.6 is 0 Å². The van der Waals surface area contributed by atoms with Crippen LogP contribution in [0, 0.1) is 12.8 Å². The van der Waals surface area contributed by atoms with Crippen molar-refractivity contribution in [1.29, 1.82) is 0 Å². The zero-order valence-corrected chi connectivity index (χ0v) is 12.7. The van der Waals surface area contributed by atoms with Crippen LogP contribution in [0.4, 0.5) is 5.69 Å². The number of rotatable bonds is 4. The number of amides is 1. The van der Waals surface area contributed by atoms with Gasteiger partial charge in [-0.3, -0.25) is 9.59 Å². The first-order valence-corrected chi connectivity index (χ1v) is 7.65. The number of carbonyl (C=O) groups excluding carboxylic acids is 2. The van der Waals surface area contributed by atoms with Crippen molar-refractivity contribution in [3.8, 4) is 0 Å². The molecule has 1 N–H and O–H groups in total. The van der Waals surface area contributed by atoms with Crippen molar-refractivity contribution in [2.45, 2.75) is 52.1 Å². The first-order valence-electron chi connectivity index (χ1n) is 7.65. The summed E-state index contributed by atoms with van der Waals surface area (Å²) in [5.74, 6) is -0.553. The summed E-state index contributed by atoms with van der Waals surface area (Å²) < 4.78 is 5.31. The van der Waals surface area contributed by atoms with Crippen LogP contribution < -0.4 is 5.32 Å². The van der Waals surface area contributed by atoms with Gasteiger partial charge in [-0.05, 0) is 38.3 Å². The highest BCUT2D eigenvalue weighted by Crippen LogP contribution is 2.25. The topological polar surface area (TPSA) is 55.4 Å². The molecule has 114 valence electrons. The Balaban J connectivity index is 1.87. The van der Waals surface area contributed by atoms with Gasteiger partial charge in [0.05, 0.1) is 5.92 Å². The molecule has 0 unspecified atom stereocenters. The Labute approximate surface area is 125 Å². The molecule has 21 heavy (non-hydrogen) atoms. The monoisotopic (exact) mass is 289 g/mol. The zero-order chi connectivity index (χ0) is 15.2. The molecule has 0 spiro atoms. The fourth-order valence-electron chi connectivity index (χ4n) is 2.61. The van der Waals surface area contributed by atoms with E-state index in [1.54, 1.807) is 6.92 Å². The van der Waals surface area contributed by atoms with Crippen LogP contribution in [0.5, 0.6) is 0 Å². The van der Waals surface area contributed by atoms with Crippen LogP contribution in [0.1, 0.15) is 44.6 Å². The van der Waals surface area contributed by atoms with Crippen molar-refractivity contribution in [1.82, 2.24) is 0 Å². The third-order valence-electron chi connectivity index (χ3n) is 4.00. The Morgan fingerprint density at radius 1 is 1.19 bits per heavy atom. The van der Waals surface area contributed by atoms with Gasteiger partial charge < -0.3 is 10.1 Å². The molecule has 0 heterocycles. The molecule has 1 aromatic rings. The number of carbonyl (C=O) groups is 2. The number of nitrogens with one attached hydrogen (secondary N) is 1. The van der Waals surface area contributed by atoms with Gasteiger partial charge in [-0.25, -0.2) is 0 Å². The highest BCUT2D eigenvalue weighted by Gasteiger charge is 2.26. The average molecular weight is 289 g/mol. The lowest BCUT2D eigenvalue weighted by Crippen LogP contribution is -2.33. The lowest BCUT2D eigenvalue weighted by Gasteiger charge is -2.22. The molecule has 1 aromatic carbocycles. The SMILES string of the molecule is Cc1ccccc1NC(=O)[C@@H](C)OC(=O)C1CCCCC1. The summed E-state index contributed by atoms with van der Waals surface area (Å²) >= 11 is 0. The van der Waals surface area contributed by atoms with E-state index in [9.17, 15) is 9.59 Å². The molecule has 4 nitrogen and oxygen atoms in total. The van der Waals surface area contributed by atoms with Gasteiger partial charge in [-0.15, -0.1) is 0 Å². The molecular weight excluding hydrogens is 266 g/mol. The fraction of sp³-hybridized carbons (Fsp3) is 0.529. The van der Waals surface area contributed by atoms with E-state index in [0.29, 0.717) is 0 Å². The van der Waals surface area contributed by atoms with Gasteiger partial charge in [0, 0.05) is 5.69 Å². The second-order valence-electron chi connectivity index (χ2n) is 5.72. The average Bonchev–Trinajstić information content (AvgIpc) is 2.50. The Kier molecular flexibility index (Phi) is 5.37. The van der Waals surface area contributed by atoms with E-state index in [2.05, 4.69) is 5.32 Å². The lowest BCUT2D eigenvalue weighted by molar-refractivity contribution is -0.158. The molecule has 0 bridgehead atoms. The minimum Gasteiger partial charge on any atom is -0.452 e. The maximum atomic E-state index is 12.1. The molecule has 4 heteroatoms. The van der Waals surface area contributed by atoms with Crippen molar-refractivity contribution < 1.29 is 14.3 Å². The smallest absolute Gasteiger partial charge is 0.309 e. The Bertz CT molecular complexity index is 507. The van der Waals surface area contributed by atoms with Gasteiger partial charge in [0.25, 0.3) is 5.91 Å². The summed E-state index contributed by atoms with van der Waals surface area (Å²) in [4.78, 5) is 24.1. The first-order chi connectivity index (χ1) is 10.1. The number of aryl methyl sites for hydroxylation is 1. The summed E-state index contributed by atoms with van der Waals surface area (Å²) in [5, 5.41) is 2.80. The molecule has 1 aliphatic rings. The van der Waals surface area contributed by atoms with E-state index >= 15 is 0 Å². The quantitative estimate of drug-likeness (QED) is 0.864. The molecule has 0 saturated heterocycles. The third kappa shape index (κ3) is 4.31. The fourth-order valence-corrected chi connectivity index (χ4v) is 2.61. The lowest BCUT2D eigenvalue weighted by atomic mass is 9.89. The van der Waals surface area contributed by atoms with Gasteiger partial charge in [0.2, 0.25) is 0 Å². The number of hydrogen-bond donors (Lipinski definition) is 1. The molecule has 0 aromatic heterocycles. The number of benzene rings is 1. The standard InChI is InChI=1S/C17H23NO3/c1-12-8-6-7-11-15(12)18-16(19)13(2)21-17(20)14-9-4-3-5-10-14/h6-8,11,13-14H,3-5,9-10H2,1-2H3,(H,18,19)/t13-/m1/s1. The van der Waals surface area contributed by atoms with Crippen molar-refractivity contribution in [2.75, 3.05) is 5.32 Å². The van der Waals surface area contributed by atoms with Gasteiger partial charge in [-0.2, -0.15) is 0 Å². The number of ether oxygens (including phenoxy) is 1. The maximum absolute atomic E-state index is 12.1. The van der Waals surface area contributed by atoms with Gasteiger partial charge >= 0.3 is 5.97 Å². The number of esters is 1. The molecular formula is C17H23NO3. The minimum atomic E-state index is -0.765. The summed E-state index contributed by atoms with van der Waals surface area (Å²) in [6.07, 6.45) is 4.33. The van der Waals surface area contributed by atoms with Gasteiger partial charge in [0.15, 0.2) is 6.10 Å². The van der Waals surface area contributed by atoms with E-state index in [1.165, 1.54) is 6.42 Å². The Morgan fingerprint density at radius 2 is 1.86 bits per heavy atom. The predicted molar refractivity (Wildman–Crippen MR) is 81.9 cm³/mol. The van der Waals surface area contributed by atoms with Crippen molar-refractivity contribution in [3.63, 3.8) is 0 Å². The van der Waals surface area contributed by atoms with Crippen LogP contribution in [-0.2, 0) is 14.3 Å². The largest absolute Gasteiger partial charge is 0.452 e. The van der Waals surface area contributed by atoms with Crippen LogP contribution in [0.25, 0.3) is 0 Å². The zero-order valence-electron chi connectivity index (χ0n) is 12.7. The van der Waals surface area contributed by atoms with E-state index < -0.39 is 6.10 Å². The number of para-hydroxylation sites is 1. The van der Waals surface area contributed by atoms with Crippen LogP contribution in [-0.4, -0.2) is 18.0 Å². The molecule has 0 radical (unpaired) electrons. The molecule has 1 fully saturated rings. The molecule has 1 saturated carbocycles. The maximum Gasteiger partial charge on any atom is 0.309 e. The highest BCUT2D eigenvalue weighted by molar-refractivity contribution is 5.95. The second-order valence-corrected chi connectivity index (χ2v) is 5.72.